The van der Waals surface area contributed by atoms with Gasteiger partial charge in [0.2, 0.25) is 5.95 Å². The average Bonchev–Trinajstić information content (AvgIpc) is 2.61. The molecule has 1 aromatic heterocycles. The Balaban J connectivity index is 1.94. The third-order valence-electron chi connectivity index (χ3n) is 4.11. The zero-order valence-corrected chi connectivity index (χ0v) is 15.2. The first-order chi connectivity index (χ1) is 12.3. The number of aromatic nitrogens is 3. The van der Waals surface area contributed by atoms with E-state index in [-0.39, 0.29) is 16.9 Å². The molecule has 140 valence electrons. The summed E-state index contributed by atoms with van der Waals surface area (Å²) >= 11 is 0. The minimum absolute atomic E-state index is 0.147. The van der Waals surface area contributed by atoms with Crippen LogP contribution in [0, 0.1) is 0 Å². The van der Waals surface area contributed by atoms with Gasteiger partial charge < -0.3 is 14.8 Å². The van der Waals surface area contributed by atoms with Gasteiger partial charge in [-0.1, -0.05) is 6.07 Å². The van der Waals surface area contributed by atoms with Gasteiger partial charge in [0.15, 0.2) is 0 Å². The topological polar surface area (TPSA) is 124 Å². The number of ether oxygens (including phenoxy) is 2. The second-order valence-corrected chi connectivity index (χ2v) is 7.45. The summed E-state index contributed by atoms with van der Waals surface area (Å²) in [5.41, 5.74) is 0.406. The molecule has 0 bridgehead atoms. The zero-order valence-electron chi connectivity index (χ0n) is 14.4. The normalized spacial score (nSPS) is 16.9. The standard InChI is InChI=1S/C15H19N5O5S/c1-20(6-8-25-9-7-20)14-17-13(18-15(19-14)24-2)16-11-4-3-5-12(10-11)26(21,22)23/h3-5,10H,6-9H2,1-2H3,(H-,16,17,18,19,21,22,23)/p+1. The van der Waals surface area contributed by atoms with Crippen LogP contribution < -0.4 is 14.5 Å². The summed E-state index contributed by atoms with van der Waals surface area (Å²) in [6.07, 6.45) is 0. The van der Waals surface area contributed by atoms with Crippen molar-refractivity contribution in [2.45, 2.75) is 4.90 Å². The van der Waals surface area contributed by atoms with Crippen molar-refractivity contribution >= 4 is 27.7 Å². The Labute approximate surface area is 151 Å². The maximum absolute atomic E-state index is 11.3. The largest absolute Gasteiger partial charge is 0.467 e. The van der Waals surface area contributed by atoms with Gasteiger partial charge in [-0.25, -0.2) is 0 Å². The number of anilines is 2. The molecule has 1 aromatic carbocycles. The van der Waals surface area contributed by atoms with Crippen molar-refractivity contribution in [1.82, 2.24) is 19.4 Å². The highest BCUT2D eigenvalue weighted by Gasteiger charge is 2.32. The highest BCUT2D eigenvalue weighted by atomic mass is 32.2. The number of nitrogens with zero attached hydrogens (tertiary/aromatic N) is 4. The minimum Gasteiger partial charge on any atom is -0.467 e. The van der Waals surface area contributed by atoms with E-state index in [2.05, 4.69) is 20.3 Å². The molecule has 0 saturated carbocycles. The number of likely N-dealkylation sites (N-methyl/N-ethyl adjacent to an activating group) is 1. The number of hydrogen-bond donors (Lipinski definition) is 2. The molecule has 3 rings (SSSR count). The Morgan fingerprint density at radius 1 is 1.23 bits per heavy atom. The molecule has 10 nitrogen and oxygen atoms in total. The van der Waals surface area contributed by atoms with E-state index in [1.807, 2.05) is 7.05 Å². The van der Waals surface area contributed by atoms with Gasteiger partial charge in [0.25, 0.3) is 10.1 Å². The molecular weight excluding hydrogens is 362 g/mol. The molecule has 2 N–H and O–H groups in total. The fraction of sp³-hybridized carbons (Fsp3) is 0.400. The number of morpholine rings is 1. The Hall–Kier alpha value is -2.34. The van der Waals surface area contributed by atoms with Gasteiger partial charge in [0.05, 0.1) is 32.3 Å². The summed E-state index contributed by atoms with van der Waals surface area (Å²) in [5, 5.41) is 2.93. The van der Waals surface area contributed by atoms with Crippen LogP contribution in [-0.2, 0) is 14.9 Å². The maximum Gasteiger partial charge on any atom is 0.336 e. The number of rotatable bonds is 5. The lowest BCUT2D eigenvalue weighted by Crippen LogP contribution is -2.54. The number of nitrogens with one attached hydrogen (secondary N) is 1. The number of methoxy groups -OCH3 is 1. The number of hydrogen-bond acceptors (Lipinski definition) is 8. The first-order valence-electron chi connectivity index (χ1n) is 7.88. The van der Waals surface area contributed by atoms with Crippen LogP contribution in [0.1, 0.15) is 0 Å². The molecule has 1 fully saturated rings. The lowest BCUT2D eigenvalue weighted by Gasteiger charge is -2.34. The maximum atomic E-state index is 11.3. The lowest BCUT2D eigenvalue weighted by molar-refractivity contribution is 0.0493. The molecule has 0 spiro atoms. The first kappa shape index (κ1) is 18.5. The van der Waals surface area contributed by atoms with Gasteiger partial charge in [0.1, 0.15) is 13.1 Å². The third-order valence-corrected chi connectivity index (χ3v) is 4.96. The Morgan fingerprint density at radius 2 is 1.96 bits per heavy atom. The third kappa shape index (κ3) is 4.07. The van der Waals surface area contributed by atoms with Crippen LogP contribution in [0.3, 0.4) is 0 Å². The second-order valence-electron chi connectivity index (χ2n) is 6.03. The van der Waals surface area contributed by atoms with Crippen molar-refractivity contribution in [2.75, 3.05) is 45.8 Å². The van der Waals surface area contributed by atoms with Crippen molar-refractivity contribution in [3.05, 3.63) is 24.3 Å². The predicted molar refractivity (Wildman–Crippen MR) is 94.2 cm³/mol. The summed E-state index contributed by atoms with van der Waals surface area (Å²) in [6.45, 7) is 2.63. The zero-order chi connectivity index (χ0) is 18.8. The highest BCUT2D eigenvalue weighted by Crippen LogP contribution is 2.24. The molecule has 11 heteroatoms. The monoisotopic (exact) mass is 382 g/mol. The van der Waals surface area contributed by atoms with Crippen LogP contribution >= 0.6 is 0 Å². The molecule has 2 heterocycles. The van der Waals surface area contributed by atoms with Gasteiger partial charge in [-0.3, -0.25) is 9.04 Å². The first-order valence-corrected chi connectivity index (χ1v) is 9.32. The Morgan fingerprint density at radius 3 is 2.62 bits per heavy atom. The van der Waals surface area contributed by atoms with Crippen molar-refractivity contribution in [3.8, 4) is 6.01 Å². The van der Waals surface area contributed by atoms with E-state index in [9.17, 15) is 13.0 Å². The molecule has 0 amide bonds. The van der Waals surface area contributed by atoms with E-state index in [0.717, 1.165) is 0 Å². The predicted octanol–water partition coefficient (Wildman–Crippen LogP) is 0.838. The summed E-state index contributed by atoms with van der Waals surface area (Å²) in [7, 11) is -0.841. The molecule has 1 aliphatic rings. The quantitative estimate of drug-likeness (QED) is 0.572. The summed E-state index contributed by atoms with van der Waals surface area (Å²) in [6, 6.07) is 5.86. The highest BCUT2D eigenvalue weighted by molar-refractivity contribution is 7.85. The van der Waals surface area contributed by atoms with Crippen molar-refractivity contribution < 1.29 is 22.4 Å². The van der Waals surface area contributed by atoms with E-state index in [1.54, 1.807) is 6.07 Å². The second kappa shape index (κ2) is 7.11. The van der Waals surface area contributed by atoms with E-state index in [4.69, 9.17) is 9.47 Å². The van der Waals surface area contributed by atoms with Crippen LogP contribution in [-0.4, -0.2) is 68.4 Å². The van der Waals surface area contributed by atoms with E-state index in [1.165, 1.54) is 25.3 Å². The van der Waals surface area contributed by atoms with E-state index < -0.39 is 10.1 Å². The van der Waals surface area contributed by atoms with Crippen LogP contribution in [0.15, 0.2) is 29.2 Å². The van der Waals surface area contributed by atoms with Crippen LogP contribution in [0.4, 0.5) is 17.6 Å². The number of benzene rings is 1. The van der Waals surface area contributed by atoms with Crippen LogP contribution in [0.25, 0.3) is 0 Å². The molecule has 0 aliphatic carbocycles. The molecule has 1 saturated heterocycles. The summed E-state index contributed by atoms with van der Waals surface area (Å²) < 4.78 is 42.8. The molecule has 0 unspecified atom stereocenters. The van der Waals surface area contributed by atoms with Gasteiger partial charge in [-0.2, -0.15) is 13.4 Å². The van der Waals surface area contributed by atoms with E-state index in [0.29, 0.717) is 42.4 Å². The fourth-order valence-electron chi connectivity index (χ4n) is 2.54. The Bertz CT molecular complexity index is 899. The molecule has 0 radical (unpaired) electrons. The van der Waals surface area contributed by atoms with Gasteiger partial charge in [-0.15, -0.1) is 9.97 Å². The molecule has 1 aliphatic heterocycles. The lowest BCUT2D eigenvalue weighted by atomic mass is 10.3. The van der Waals surface area contributed by atoms with Gasteiger partial charge >= 0.3 is 12.0 Å². The number of quaternary nitrogens is 1. The fourth-order valence-corrected chi connectivity index (χ4v) is 3.07. The van der Waals surface area contributed by atoms with Crippen LogP contribution in [0.2, 0.25) is 0 Å². The molecule has 2 aromatic rings. The summed E-state index contributed by atoms with van der Waals surface area (Å²) in [4.78, 5) is 12.7. The van der Waals surface area contributed by atoms with Crippen molar-refractivity contribution in [1.29, 1.82) is 0 Å². The smallest absolute Gasteiger partial charge is 0.336 e. The van der Waals surface area contributed by atoms with E-state index >= 15 is 0 Å². The van der Waals surface area contributed by atoms with Gasteiger partial charge in [-0.05, 0) is 18.2 Å². The average molecular weight is 382 g/mol. The SMILES string of the molecule is COc1nc(Nc2cccc(S(=O)(=O)O)c2)nc([N+]2(C)CCOCC2)n1. The minimum atomic E-state index is -4.30. The molecular formula is C15H20N5O5S+. The molecule has 0 atom stereocenters. The Kier molecular flexibility index (Phi) is 5.05. The van der Waals surface area contributed by atoms with Crippen LogP contribution in [0.5, 0.6) is 6.01 Å². The van der Waals surface area contributed by atoms with Crippen molar-refractivity contribution in [2.24, 2.45) is 0 Å². The molecule has 26 heavy (non-hydrogen) atoms. The summed E-state index contributed by atoms with van der Waals surface area (Å²) in [5.74, 6) is 0.735. The van der Waals surface area contributed by atoms with Crippen molar-refractivity contribution in [3.63, 3.8) is 0 Å². The van der Waals surface area contributed by atoms with Gasteiger partial charge in [0, 0.05) is 5.69 Å².